The third-order valence-corrected chi connectivity index (χ3v) is 2.23. The van der Waals surface area contributed by atoms with Crippen LogP contribution in [-0.2, 0) is 0 Å². The number of nitrogens with one attached hydrogen (secondary N) is 1. The van der Waals surface area contributed by atoms with E-state index in [1.54, 1.807) is 6.26 Å². The van der Waals surface area contributed by atoms with Crippen LogP contribution in [0.5, 0.6) is 0 Å². The smallest absolute Gasteiger partial charge is 0.123 e. The van der Waals surface area contributed by atoms with E-state index >= 15 is 0 Å². The number of furan rings is 1. The second-order valence-corrected chi connectivity index (χ2v) is 3.18. The molecule has 2 heteroatoms. The Morgan fingerprint density at radius 1 is 1.69 bits per heavy atom. The minimum atomic E-state index is 0.313. The van der Waals surface area contributed by atoms with Crippen LogP contribution in [0.1, 0.15) is 30.2 Å². The van der Waals surface area contributed by atoms with Gasteiger partial charge in [0, 0.05) is 0 Å². The first-order chi connectivity index (χ1) is 6.29. The second-order valence-electron chi connectivity index (χ2n) is 3.18. The summed E-state index contributed by atoms with van der Waals surface area (Å²) in [5, 5.41) is 3.24. The van der Waals surface area contributed by atoms with Gasteiger partial charge in [-0.1, -0.05) is 6.08 Å². The molecule has 0 saturated heterocycles. The van der Waals surface area contributed by atoms with Crippen molar-refractivity contribution in [1.29, 1.82) is 0 Å². The van der Waals surface area contributed by atoms with Crippen LogP contribution in [0.15, 0.2) is 29.4 Å². The molecule has 1 aromatic rings. The Balaban J connectivity index is 2.66. The first-order valence-corrected chi connectivity index (χ1v) is 4.61. The first kappa shape index (κ1) is 10.1. The lowest BCUT2D eigenvalue weighted by Crippen LogP contribution is -2.16. The Morgan fingerprint density at radius 2 is 2.46 bits per heavy atom. The van der Waals surface area contributed by atoms with Crippen LogP contribution in [0.3, 0.4) is 0 Å². The fourth-order valence-corrected chi connectivity index (χ4v) is 1.43. The zero-order valence-electron chi connectivity index (χ0n) is 8.34. The normalized spacial score (nSPS) is 12.8. The molecule has 0 radical (unpaired) electrons. The van der Waals surface area contributed by atoms with Crippen LogP contribution in [0.4, 0.5) is 0 Å². The predicted octanol–water partition coefficient (Wildman–Crippen LogP) is 2.81. The van der Waals surface area contributed by atoms with Gasteiger partial charge in [0.2, 0.25) is 0 Å². The molecule has 0 amide bonds. The van der Waals surface area contributed by atoms with Crippen molar-refractivity contribution in [2.24, 2.45) is 0 Å². The lowest BCUT2D eigenvalue weighted by Gasteiger charge is -2.13. The molecule has 1 atom stereocenters. The summed E-state index contributed by atoms with van der Waals surface area (Å²) in [6.07, 6.45) is 5.71. The second kappa shape index (κ2) is 4.87. The monoisotopic (exact) mass is 179 g/mol. The fourth-order valence-electron chi connectivity index (χ4n) is 1.43. The molecule has 0 aliphatic carbocycles. The Kier molecular flexibility index (Phi) is 3.77. The van der Waals surface area contributed by atoms with Gasteiger partial charge in [-0.2, -0.15) is 0 Å². The van der Waals surface area contributed by atoms with Gasteiger partial charge in [0.1, 0.15) is 5.76 Å². The van der Waals surface area contributed by atoms with Crippen molar-refractivity contribution in [3.63, 3.8) is 0 Å². The highest BCUT2D eigenvalue weighted by Gasteiger charge is 2.13. The maximum Gasteiger partial charge on any atom is 0.123 e. The summed E-state index contributed by atoms with van der Waals surface area (Å²) in [4.78, 5) is 0. The molecule has 0 saturated carbocycles. The summed E-state index contributed by atoms with van der Waals surface area (Å²) >= 11 is 0. The van der Waals surface area contributed by atoms with Gasteiger partial charge >= 0.3 is 0 Å². The molecule has 1 N–H and O–H groups in total. The molecule has 2 nitrogen and oxygen atoms in total. The molecule has 1 aromatic heterocycles. The minimum absolute atomic E-state index is 0.313. The fraction of sp³-hybridized carbons (Fsp3) is 0.455. The van der Waals surface area contributed by atoms with Gasteiger partial charge in [-0.3, -0.25) is 0 Å². The van der Waals surface area contributed by atoms with Gasteiger partial charge in [-0.05, 0) is 38.4 Å². The average molecular weight is 179 g/mol. The van der Waals surface area contributed by atoms with E-state index in [1.807, 2.05) is 19.2 Å². The number of rotatable bonds is 5. The van der Waals surface area contributed by atoms with Crippen LogP contribution in [0.2, 0.25) is 0 Å². The van der Waals surface area contributed by atoms with E-state index in [1.165, 1.54) is 5.56 Å². The SMILES string of the molecule is C=CCCC(NC)c1occc1C. The molecular weight excluding hydrogens is 162 g/mol. The highest BCUT2D eigenvalue weighted by Crippen LogP contribution is 2.22. The van der Waals surface area contributed by atoms with E-state index in [2.05, 4.69) is 18.8 Å². The highest BCUT2D eigenvalue weighted by molar-refractivity contribution is 5.18. The van der Waals surface area contributed by atoms with Gasteiger partial charge in [0.15, 0.2) is 0 Å². The Labute approximate surface area is 79.6 Å². The quantitative estimate of drug-likeness (QED) is 0.703. The van der Waals surface area contributed by atoms with Crippen molar-refractivity contribution < 1.29 is 4.42 Å². The molecule has 1 unspecified atom stereocenters. The standard InChI is InChI=1S/C11H17NO/c1-4-5-6-10(12-3)11-9(2)7-8-13-11/h4,7-8,10,12H,1,5-6H2,2-3H3. The van der Waals surface area contributed by atoms with Crippen LogP contribution >= 0.6 is 0 Å². The lowest BCUT2D eigenvalue weighted by molar-refractivity contribution is 0.414. The largest absolute Gasteiger partial charge is 0.467 e. The molecule has 0 spiro atoms. The zero-order valence-corrected chi connectivity index (χ0v) is 8.34. The third-order valence-electron chi connectivity index (χ3n) is 2.23. The summed E-state index contributed by atoms with van der Waals surface area (Å²) in [5.41, 5.74) is 1.21. The molecule has 0 aromatic carbocycles. The van der Waals surface area contributed by atoms with Gasteiger partial charge in [0.05, 0.1) is 12.3 Å². The molecule has 0 fully saturated rings. The highest BCUT2D eigenvalue weighted by atomic mass is 16.3. The van der Waals surface area contributed by atoms with Crippen molar-refractivity contribution in [2.75, 3.05) is 7.05 Å². The van der Waals surface area contributed by atoms with E-state index < -0.39 is 0 Å². The van der Waals surface area contributed by atoms with Gasteiger partial charge < -0.3 is 9.73 Å². The van der Waals surface area contributed by atoms with E-state index in [9.17, 15) is 0 Å². The third kappa shape index (κ3) is 2.46. The summed E-state index contributed by atoms with van der Waals surface area (Å²) in [6.45, 7) is 5.78. The molecule has 0 bridgehead atoms. The Hall–Kier alpha value is -1.02. The number of allylic oxidation sites excluding steroid dienone is 1. The maximum absolute atomic E-state index is 5.42. The molecule has 72 valence electrons. The van der Waals surface area contributed by atoms with Crippen molar-refractivity contribution in [1.82, 2.24) is 5.32 Å². The van der Waals surface area contributed by atoms with E-state index in [0.29, 0.717) is 6.04 Å². The molecule has 0 aliphatic heterocycles. The maximum atomic E-state index is 5.42. The molecule has 0 aliphatic rings. The average Bonchev–Trinajstić information content (AvgIpc) is 2.54. The van der Waals surface area contributed by atoms with E-state index in [4.69, 9.17) is 4.42 Å². The lowest BCUT2D eigenvalue weighted by atomic mass is 10.1. The molecule has 13 heavy (non-hydrogen) atoms. The predicted molar refractivity (Wildman–Crippen MR) is 54.7 cm³/mol. The van der Waals surface area contributed by atoms with Crippen molar-refractivity contribution in [2.45, 2.75) is 25.8 Å². The van der Waals surface area contributed by atoms with Crippen LogP contribution in [0.25, 0.3) is 0 Å². The molecule has 1 heterocycles. The van der Waals surface area contributed by atoms with Crippen molar-refractivity contribution in [3.8, 4) is 0 Å². The van der Waals surface area contributed by atoms with Gasteiger partial charge in [-0.25, -0.2) is 0 Å². The van der Waals surface area contributed by atoms with Crippen molar-refractivity contribution in [3.05, 3.63) is 36.3 Å². The van der Waals surface area contributed by atoms with Gasteiger partial charge in [0.25, 0.3) is 0 Å². The van der Waals surface area contributed by atoms with Gasteiger partial charge in [-0.15, -0.1) is 6.58 Å². The summed E-state index contributed by atoms with van der Waals surface area (Å²) in [6, 6.07) is 2.31. The summed E-state index contributed by atoms with van der Waals surface area (Å²) in [7, 11) is 1.95. The zero-order chi connectivity index (χ0) is 9.68. The molecular formula is C11H17NO. The first-order valence-electron chi connectivity index (χ1n) is 4.61. The molecule has 1 rings (SSSR count). The van der Waals surface area contributed by atoms with E-state index in [-0.39, 0.29) is 0 Å². The number of hydrogen-bond donors (Lipinski definition) is 1. The van der Waals surface area contributed by atoms with Crippen LogP contribution in [0, 0.1) is 6.92 Å². The van der Waals surface area contributed by atoms with Crippen LogP contribution < -0.4 is 5.32 Å². The minimum Gasteiger partial charge on any atom is -0.467 e. The Morgan fingerprint density at radius 3 is 2.92 bits per heavy atom. The topological polar surface area (TPSA) is 25.2 Å². The Bertz CT molecular complexity index is 265. The summed E-state index contributed by atoms with van der Waals surface area (Å²) in [5.74, 6) is 1.05. The van der Waals surface area contributed by atoms with Crippen molar-refractivity contribution >= 4 is 0 Å². The van der Waals surface area contributed by atoms with Crippen LogP contribution in [-0.4, -0.2) is 7.05 Å². The number of aryl methyl sites for hydroxylation is 1. The van der Waals surface area contributed by atoms with E-state index in [0.717, 1.165) is 18.6 Å². The number of hydrogen-bond acceptors (Lipinski definition) is 2. The summed E-state index contributed by atoms with van der Waals surface area (Å²) < 4.78 is 5.42.